The number of amides is 1. The first-order valence-electron chi connectivity index (χ1n) is 6.84. The first-order valence-corrected chi connectivity index (χ1v) is 8.06. The summed E-state index contributed by atoms with van der Waals surface area (Å²) in [6, 6.07) is 18.0. The first-order chi connectivity index (χ1) is 10.2. The Hall–Kier alpha value is -1.78. The average Bonchev–Trinajstić information content (AvgIpc) is 2.48. The van der Waals surface area contributed by atoms with Gasteiger partial charge < -0.3 is 5.32 Å². The molecule has 0 atom stereocenters. The maximum atomic E-state index is 12.1. The van der Waals surface area contributed by atoms with Crippen LogP contribution < -0.4 is 5.32 Å². The standard InChI is InChI=1S/C17H20N2OS/c1-19(12-14-7-4-3-5-8-14)13-17(20)18-15-9-6-10-16(11-15)21-2/h3-11H,12-13H2,1-2H3,(H,18,20). The molecule has 1 N–H and O–H groups in total. The molecule has 0 aliphatic rings. The third-order valence-corrected chi connectivity index (χ3v) is 3.79. The fraction of sp³-hybridized carbons (Fsp3) is 0.235. The highest BCUT2D eigenvalue weighted by molar-refractivity contribution is 7.98. The van der Waals surface area contributed by atoms with Gasteiger partial charge in [0.15, 0.2) is 0 Å². The molecule has 2 aromatic rings. The molecule has 0 fully saturated rings. The Bertz CT molecular complexity index is 586. The molecule has 0 unspecified atom stereocenters. The molecule has 110 valence electrons. The lowest BCUT2D eigenvalue weighted by Crippen LogP contribution is -2.29. The van der Waals surface area contributed by atoms with E-state index in [0.717, 1.165) is 17.1 Å². The summed E-state index contributed by atoms with van der Waals surface area (Å²) in [6.45, 7) is 1.14. The van der Waals surface area contributed by atoms with Crippen LogP contribution in [0, 0.1) is 0 Å². The summed E-state index contributed by atoms with van der Waals surface area (Å²) in [6.07, 6.45) is 2.02. The third-order valence-electron chi connectivity index (χ3n) is 3.06. The number of carbonyl (C=O) groups excluding carboxylic acids is 1. The summed E-state index contributed by atoms with van der Waals surface area (Å²) in [5.41, 5.74) is 2.05. The van der Waals surface area contributed by atoms with Gasteiger partial charge in [0.2, 0.25) is 5.91 Å². The van der Waals surface area contributed by atoms with Gasteiger partial charge in [0.05, 0.1) is 6.54 Å². The highest BCUT2D eigenvalue weighted by Crippen LogP contribution is 2.18. The van der Waals surface area contributed by atoms with Crippen LogP contribution in [0.1, 0.15) is 5.56 Å². The van der Waals surface area contributed by atoms with Gasteiger partial charge in [0, 0.05) is 17.1 Å². The lowest BCUT2D eigenvalue weighted by atomic mass is 10.2. The quantitative estimate of drug-likeness (QED) is 0.829. The van der Waals surface area contributed by atoms with Gasteiger partial charge in [-0.15, -0.1) is 11.8 Å². The number of hydrogen-bond acceptors (Lipinski definition) is 3. The van der Waals surface area contributed by atoms with E-state index in [9.17, 15) is 4.79 Å². The number of carbonyl (C=O) groups is 1. The number of nitrogens with one attached hydrogen (secondary N) is 1. The summed E-state index contributed by atoms with van der Waals surface area (Å²) in [4.78, 5) is 15.2. The predicted molar refractivity (Wildman–Crippen MR) is 89.6 cm³/mol. The summed E-state index contributed by atoms with van der Waals surface area (Å²) in [5, 5.41) is 2.94. The number of likely N-dealkylation sites (N-methyl/N-ethyl adjacent to an activating group) is 1. The van der Waals surface area contributed by atoms with Crippen molar-refractivity contribution in [3.8, 4) is 0 Å². The van der Waals surface area contributed by atoms with Gasteiger partial charge in [-0.2, -0.15) is 0 Å². The minimum absolute atomic E-state index is 0.00619. The summed E-state index contributed by atoms with van der Waals surface area (Å²) in [5.74, 6) is 0.00619. The van der Waals surface area contributed by atoms with Gasteiger partial charge in [-0.1, -0.05) is 36.4 Å². The number of anilines is 1. The lowest BCUT2D eigenvalue weighted by Gasteiger charge is -2.16. The zero-order valence-electron chi connectivity index (χ0n) is 12.4. The van der Waals surface area contributed by atoms with E-state index < -0.39 is 0 Å². The van der Waals surface area contributed by atoms with Crippen molar-refractivity contribution in [2.45, 2.75) is 11.4 Å². The molecule has 2 aromatic carbocycles. The summed E-state index contributed by atoms with van der Waals surface area (Å²) >= 11 is 1.66. The molecule has 0 radical (unpaired) electrons. The molecule has 1 amide bonds. The van der Waals surface area contributed by atoms with Gasteiger partial charge in [-0.3, -0.25) is 9.69 Å². The molecule has 3 nitrogen and oxygen atoms in total. The predicted octanol–water partition coefficient (Wildman–Crippen LogP) is 3.48. The highest BCUT2D eigenvalue weighted by atomic mass is 32.2. The van der Waals surface area contributed by atoms with Crippen molar-refractivity contribution in [1.82, 2.24) is 4.90 Å². The van der Waals surface area contributed by atoms with E-state index in [0.29, 0.717) is 6.54 Å². The monoisotopic (exact) mass is 300 g/mol. The molecule has 0 saturated carbocycles. The van der Waals surface area contributed by atoms with Crippen LogP contribution in [-0.4, -0.2) is 30.7 Å². The Labute approximate surface area is 130 Å². The molecular weight excluding hydrogens is 280 g/mol. The normalized spacial score (nSPS) is 10.6. The van der Waals surface area contributed by atoms with Crippen LogP contribution in [0.4, 0.5) is 5.69 Å². The molecule has 4 heteroatoms. The number of nitrogens with zero attached hydrogens (tertiary/aromatic N) is 1. The topological polar surface area (TPSA) is 32.3 Å². The van der Waals surface area contributed by atoms with Crippen molar-refractivity contribution in [2.75, 3.05) is 25.2 Å². The van der Waals surface area contributed by atoms with E-state index in [1.807, 2.05) is 60.7 Å². The van der Waals surface area contributed by atoms with Gasteiger partial charge in [-0.25, -0.2) is 0 Å². The van der Waals surface area contributed by atoms with E-state index in [1.54, 1.807) is 11.8 Å². The van der Waals surface area contributed by atoms with E-state index in [2.05, 4.69) is 17.4 Å². The van der Waals surface area contributed by atoms with Crippen LogP contribution in [0.15, 0.2) is 59.5 Å². The fourth-order valence-electron chi connectivity index (χ4n) is 2.10. The van der Waals surface area contributed by atoms with Crippen molar-refractivity contribution in [3.05, 3.63) is 60.2 Å². The SMILES string of the molecule is CSc1cccc(NC(=O)CN(C)Cc2ccccc2)c1. The van der Waals surface area contributed by atoms with Gasteiger partial charge >= 0.3 is 0 Å². The van der Waals surface area contributed by atoms with E-state index in [-0.39, 0.29) is 5.91 Å². The van der Waals surface area contributed by atoms with Crippen molar-refractivity contribution in [3.63, 3.8) is 0 Å². The van der Waals surface area contributed by atoms with Crippen LogP contribution in [-0.2, 0) is 11.3 Å². The average molecular weight is 300 g/mol. The number of thioether (sulfide) groups is 1. The smallest absolute Gasteiger partial charge is 0.238 e. The third kappa shape index (κ3) is 5.25. The molecule has 21 heavy (non-hydrogen) atoms. The zero-order valence-corrected chi connectivity index (χ0v) is 13.2. The molecule has 0 heterocycles. The molecular formula is C17H20N2OS. The molecule has 0 saturated heterocycles. The Morgan fingerprint density at radius 1 is 1.14 bits per heavy atom. The van der Waals surface area contributed by atoms with E-state index in [4.69, 9.17) is 0 Å². The Balaban J connectivity index is 1.86. The number of benzene rings is 2. The molecule has 0 aromatic heterocycles. The first kappa shape index (κ1) is 15.6. The molecule has 0 spiro atoms. The molecule has 0 bridgehead atoms. The van der Waals surface area contributed by atoms with Crippen molar-refractivity contribution < 1.29 is 4.79 Å². The Morgan fingerprint density at radius 2 is 1.90 bits per heavy atom. The second-order valence-corrected chi connectivity index (χ2v) is 5.82. The summed E-state index contributed by atoms with van der Waals surface area (Å²) < 4.78 is 0. The minimum Gasteiger partial charge on any atom is -0.325 e. The van der Waals surface area contributed by atoms with Crippen LogP contribution in [0.5, 0.6) is 0 Å². The van der Waals surface area contributed by atoms with Crippen LogP contribution >= 0.6 is 11.8 Å². The van der Waals surface area contributed by atoms with Crippen molar-refractivity contribution in [2.24, 2.45) is 0 Å². The Morgan fingerprint density at radius 3 is 2.62 bits per heavy atom. The lowest BCUT2D eigenvalue weighted by molar-refractivity contribution is -0.117. The highest BCUT2D eigenvalue weighted by Gasteiger charge is 2.07. The number of rotatable bonds is 6. The van der Waals surface area contributed by atoms with Gasteiger partial charge in [-0.05, 0) is 37.1 Å². The van der Waals surface area contributed by atoms with Crippen LogP contribution in [0.3, 0.4) is 0 Å². The largest absolute Gasteiger partial charge is 0.325 e. The second kappa shape index (κ2) is 7.86. The second-order valence-electron chi connectivity index (χ2n) is 4.94. The van der Waals surface area contributed by atoms with Crippen LogP contribution in [0.2, 0.25) is 0 Å². The zero-order chi connectivity index (χ0) is 15.1. The maximum absolute atomic E-state index is 12.1. The van der Waals surface area contributed by atoms with Crippen molar-refractivity contribution >= 4 is 23.4 Å². The van der Waals surface area contributed by atoms with Gasteiger partial charge in [0.1, 0.15) is 0 Å². The van der Waals surface area contributed by atoms with Gasteiger partial charge in [0.25, 0.3) is 0 Å². The molecule has 0 aliphatic heterocycles. The molecule has 2 rings (SSSR count). The number of hydrogen-bond donors (Lipinski definition) is 1. The van der Waals surface area contributed by atoms with E-state index >= 15 is 0 Å². The summed E-state index contributed by atoms with van der Waals surface area (Å²) in [7, 11) is 1.95. The minimum atomic E-state index is 0.00619. The van der Waals surface area contributed by atoms with Crippen LogP contribution in [0.25, 0.3) is 0 Å². The Kier molecular flexibility index (Phi) is 5.84. The maximum Gasteiger partial charge on any atom is 0.238 e. The van der Waals surface area contributed by atoms with E-state index in [1.165, 1.54) is 5.56 Å². The fourth-order valence-corrected chi connectivity index (χ4v) is 2.56. The van der Waals surface area contributed by atoms with Crippen molar-refractivity contribution in [1.29, 1.82) is 0 Å². The molecule has 0 aliphatic carbocycles.